The van der Waals surface area contributed by atoms with Crippen molar-refractivity contribution in [2.75, 3.05) is 13.7 Å². The third kappa shape index (κ3) is 2.46. The van der Waals surface area contributed by atoms with Crippen LogP contribution in [0.2, 0.25) is 0 Å². The fourth-order valence-corrected chi connectivity index (χ4v) is 3.10. The second-order valence-electron chi connectivity index (χ2n) is 6.25. The summed E-state index contributed by atoms with van der Waals surface area (Å²) in [5, 5.41) is 11.1. The minimum atomic E-state index is -0.805. The molecule has 1 saturated carbocycles. The maximum Gasteiger partial charge on any atom is 0.119 e. The van der Waals surface area contributed by atoms with Crippen LogP contribution in [0, 0.1) is 5.41 Å². The van der Waals surface area contributed by atoms with E-state index in [1.54, 1.807) is 7.11 Å². The summed E-state index contributed by atoms with van der Waals surface area (Å²) in [4.78, 5) is 0. The first kappa shape index (κ1) is 14.9. The minimum Gasteiger partial charge on any atom is -0.497 e. The summed E-state index contributed by atoms with van der Waals surface area (Å²) < 4.78 is 11.1. The van der Waals surface area contributed by atoms with Crippen LogP contribution in [0.5, 0.6) is 11.5 Å². The van der Waals surface area contributed by atoms with E-state index < -0.39 is 5.60 Å². The molecule has 3 nitrogen and oxygen atoms in total. The molecule has 2 atom stereocenters. The van der Waals surface area contributed by atoms with Crippen LogP contribution in [0.4, 0.5) is 0 Å². The average molecular weight is 298 g/mol. The number of methoxy groups -OCH3 is 1. The largest absolute Gasteiger partial charge is 0.497 e. The summed E-state index contributed by atoms with van der Waals surface area (Å²) in [6, 6.07) is 17.4. The quantitative estimate of drug-likeness (QED) is 0.913. The monoisotopic (exact) mass is 298 g/mol. The Kier molecular flexibility index (Phi) is 3.83. The average Bonchev–Trinajstić information content (AvgIpc) is 2.59. The van der Waals surface area contributed by atoms with Gasteiger partial charge < -0.3 is 14.6 Å². The maximum atomic E-state index is 11.1. The highest BCUT2D eigenvalue weighted by Gasteiger charge is 2.56. The van der Waals surface area contributed by atoms with Gasteiger partial charge in [-0.25, -0.2) is 0 Å². The van der Waals surface area contributed by atoms with Crippen molar-refractivity contribution in [3.05, 3.63) is 60.2 Å². The van der Waals surface area contributed by atoms with Gasteiger partial charge in [-0.3, -0.25) is 0 Å². The van der Waals surface area contributed by atoms with E-state index in [-0.39, 0.29) is 5.41 Å². The van der Waals surface area contributed by atoms with Crippen molar-refractivity contribution in [3.8, 4) is 11.5 Å². The number of benzene rings is 2. The van der Waals surface area contributed by atoms with Gasteiger partial charge in [0.05, 0.1) is 19.3 Å². The molecule has 3 heteroatoms. The highest BCUT2D eigenvalue weighted by Crippen LogP contribution is 2.56. The normalized spacial score (nSPS) is 27.0. The molecule has 0 saturated heterocycles. The first-order valence-corrected chi connectivity index (χ1v) is 7.62. The molecule has 2 aromatic carbocycles. The Hall–Kier alpha value is -2.00. The van der Waals surface area contributed by atoms with Gasteiger partial charge in [-0.1, -0.05) is 37.3 Å². The van der Waals surface area contributed by atoms with E-state index in [0.717, 1.165) is 29.9 Å². The lowest BCUT2D eigenvalue weighted by atomic mass is 9.55. The van der Waals surface area contributed by atoms with Gasteiger partial charge in [-0.2, -0.15) is 0 Å². The van der Waals surface area contributed by atoms with Gasteiger partial charge in [0.2, 0.25) is 0 Å². The van der Waals surface area contributed by atoms with Gasteiger partial charge in [-0.15, -0.1) is 0 Å². The zero-order valence-electron chi connectivity index (χ0n) is 13.1. The van der Waals surface area contributed by atoms with E-state index in [0.29, 0.717) is 6.61 Å². The van der Waals surface area contributed by atoms with Crippen LogP contribution >= 0.6 is 0 Å². The standard InChI is InChI=1S/C19H22O3/c1-18(14-22-17-10-8-16(21-2)9-11-17)12-13-19(18,20)15-6-4-3-5-7-15/h3-11,20H,12-14H2,1-2H3. The van der Waals surface area contributed by atoms with Crippen LogP contribution in [0.3, 0.4) is 0 Å². The van der Waals surface area contributed by atoms with Gasteiger partial charge in [-0.05, 0) is 42.7 Å². The highest BCUT2D eigenvalue weighted by atomic mass is 16.5. The second-order valence-corrected chi connectivity index (χ2v) is 6.25. The smallest absolute Gasteiger partial charge is 0.119 e. The van der Waals surface area contributed by atoms with Crippen molar-refractivity contribution in [1.29, 1.82) is 0 Å². The van der Waals surface area contributed by atoms with Crippen molar-refractivity contribution in [2.24, 2.45) is 5.41 Å². The van der Waals surface area contributed by atoms with E-state index >= 15 is 0 Å². The van der Waals surface area contributed by atoms with E-state index in [9.17, 15) is 5.11 Å². The molecule has 1 aliphatic carbocycles. The lowest BCUT2D eigenvalue weighted by molar-refractivity contribution is -0.180. The third-order valence-electron chi connectivity index (χ3n) is 4.91. The first-order chi connectivity index (χ1) is 10.6. The minimum absolute atomic E-state index is 0.270. The molecule has 2 aromatic rings. The maximum absolute atomic E-state index is 11.1. The summed E-state index contributed by atoms with van der Waals surface area (Å²) in [5.41, 5.74) is -0.100. The summed E-state index contributed by atoms with van der Waals surface area (Å²) >= 11 is 0. The van der Waals surface area contributed by atoms with Crippen molar-refractivity contribution in [2.45, 2.75) is 25.4 Å². The Balaban J connectivity index is 1.71. The van der Waals surface area contributed by atoms with Gasteiger partial charge in [0.1, 0.15) is 11.5 Å². The lowest BCUT2D eigenvalue weighted by Crippen LogP contribution is -2.56. The fourth-order valence-electron chi connectivity index (χ4n) is 3.10. The predicted molar refractivity (Wildman–Crippen MR) is 86.2 cm³/mol. The summed E-state index contributed by atoms with van der Waals surface area (Å²) in [6.45, 7) is 2.58. The van der Waals surface area contributed by atoms with E-state index in [1.807, 2.05) is 54.6 Å². The molecule has 1 fully saturated rings. The summed E-state index contributed by atoms with van der Waals surface area (Å²) in [6.07, 6.45) is 1.73. The van der Waals surface area contributed by atoms with Crippen LogP contribution in [0.15, 0.2) is 54.6 Å². The number of rotatable bonds is 5. The molecule has 0 amide bonds. The molecule has 2 unspecified atom stereocenters. The fraction of sp³-hybridized carbons (Fsp3) is 0.368. The summed E-state index contributed by atoms with van der Waals surface area (Å²) in [7, 11) is 1.64. The number of aliphatic hydroxyl groups is 1. The van der Waals surface area contributed by atoms with Crippen LogP contribution < -0.4 is 9.47 Å². The van der Waals surface area contributed by atoms with Crippen molar-refractivity contribution < 1.29 is 14.6 Å². The summed E-state index contributed by atoms with van der Waals surface area (Å²) in [5.74, 6) is 1.60. The van der Waals surface area contributed by atoms with E-state index in [2.05, 4.69) is 6.92 Å². The molecule has 0 aromatic heterocycles. The van der Waals surface area contributed by atoms with Crippen molar-refractivity contribution >= 4 is 0 Å². The van der Waals surface area contributed by atoms with Crippen LogP contribution in [0.25, 0.3) is 0 Å². The molecule has 3 rings (SSSR count). The first-order valence-electron chi connectivity index (χ1n) is 7.62. The molecular weight excluding hydrogens is 276 g/mol. The molecule has 0 aliphatic heterocycles. The van der Waals surface area contributed by atoms with E-state index in [4.69, 9.17) is 9.47 Å². The molecule has 22 heavy (non-hydrogen) atoms. The SMILES string of the molecule is COc1ccc(OCC2(C)CCC2(O)c2ccccc2)cc1. The zero-order chi connectivity index (χ0) is 15.6. The van der Waals surface area contributed by atoms with Gasteiger partial charge in [0.25, 0.3) is 0 Å². The van der Waals surface area contributed by atoms with Crippen molar-refractivity contribution in [1.82, 2.24) is 0 Å². The van der Waals surface area contributed by atoms with Crippen LogP contribution in [-0.4, -0.2) is 18.8 Å². The topological polar surface area (TPSA) is 38.7 Å². The molecule has 1 aliphatic rings. The van der Waals surface area contributed by atoms with Gasteiger partial charge in [0.15, 0.2) is 0 Å². The van der Waals surface area contributed by atoms with E-state index in [1.165, 1.54) is 0 Å². The van der Waals surface area contributed by atoms with Gasteiger partial charge in [0, 0.05) is 5.41 Å². The molecule has 0 radical (unpaired) electrons. The molecule has 0 heterocycles. The Labute approximate surface area is 131 Å². The molecule has 116 valence electrons. The Bertz CT molecular complexity index is 623. The number of hydrogen-bond acceptors (Lipinski definition) is 3. The third-order valence-corrected chi connectivity index (χ3v) is 4.91. The molecule has 0 bridgehead atoms. The lowest BCUT2D eigenvalue weighted by Gasteiger charge is -2.54. The van der Waals surface area contributed by atoms with Gasteiger partial charge >= 0.3 is 0 Å². The van der Waals surface area contributed by atoms with Crippen molar-refractivity contribution in [3.63, 3.8) is 0 Å². The number of hydrogen-bond donors (Lipinski definition) is 1. The zero-order valence-corrected chi connectivity index (χ0v) is 13.1. The molecular formula is C19H22O3. The highest BCUT2D eigenvalue weighted by molar-refractivity contribution is 5.32. The Morgan fingerprint density at radius 1 is 0.955 bits per heavy atom. The Morgan fingerprint density at radius 2 is 1.59 bits per heavy atom. The van der Waals surface area contributed by atoms with Crippen LogP contribution in [0.1, 0.15) is 25.3 Å². The molecule has 0 spiro atoms. The number of ether oxygens (including phenoxy) is 2. The Morgan fingerprint density at radius 3 is 2.14 bits per heavy atom. The van der Waals surface area contributed by atoms with Crippen LogP contribution in [-0.2, 0) is 5.60 Å². The second kappa shape index (κ2) is 5.65. The predicted octanol–water partition coefficient (Wildman–Crippen LogP) is 3.76. The molecule has 1 N–H and O–H groups in total.